The van der Waals surface area contributed by atoms with E-state index in [1.165, 1.54) is 0 Å². The number of amides is 1. The molecule has 1 aromatic rings. The Bertz CT molecular complexity index is 510. The topological polar surface area (TPSA) is 108 Å². The summed E-state index contributed by atoms with van der Waals surface area (Å²) < 4.78 is 0. The van der Waals surface area contributed by atoms with Crippen LogP contribution in [0.15, 0.2) is 30.3 Å². The van der Waals surface area contributed by atoms with Gasteiger partial charge in [-0.15, -0.1) is 0 Å². The predicted molar refractivity (Wildman–Crippen MR) is 105 cm³/mol. The van der Waals surface area contributed by atoms with E-state index < -0.39 is 24.3 Å². The third-order valence-corrected chi connectivity index (χ3v) is 4.29. The Hall–Kier alpha value is -1.47. The molecule has 1 unspecified atom stereocenters. The van der Waals surface area contributed by atoms with E-state index in [1.807, 2.05) is 51.1 Å². The van der Waals surface area contributed by atoms with Gasteiger partial charge in [-0.1, -0.05) is 57.5 Å². The van der Waals surface area contributed by atoms with Crippen molar-refractivity contribution >= 4 is 5.91 Å². The van der Waals surface area contributed by atoms with Gasteiger partial charge in [0.1, 0.15) is 6.04 Å². The number of carbonyl (C=O) groups is 1. The van der Waals surface area contributed by atoms with Gasteiger partial charge in [-0.2, -0.15) is 0 Å². The number of aliphatic hydroxyl groups is 2. The Morgan fingerprint density at radius 3 is 2.35 bits per heavy atom. The first kappa shape index (κ1) is 22.6. The van der Waals surface area contributed by atoms with E-state index in [4.69, 9.17) is 5.73 Å². The molecule has 6 N–H and O–H groups in total. The maximum atomic E-state index is 12.4. The number of nitrogens with one attached hydrogen (secondary N) is 2. The normalized spacial score (nSPS) is 16.1. The summed E-state index contributed by atoms with van der Waals surface area (Å²) in [6, 6.07) is 8.52. The molecule has 6 nitrogen and oxygen atoms in total. The molecule has 26 heavy (non-hydrogen) atoms. The molecule has 0 bridgehead atoms. The van der Waals surface area contributed by atoms with Crippen LogP contribution >= 0.6 is 0 Å². The lowest BCUT2D eigenvalue weighted by Gasteiger charge is -2.26. The van der Waals surface area contributed by atoms with E-state index >= 15 is 0 Å². The van der Waals surface area contributed by atoms with Crippen molar-refractivity contribution in [2.24, 2.45) is 11.7 Å². The second kappa shape index (κ2) is 12.0. The molecular formula is C20H35N3O3. The predicted octanol–water partition coefficient (Wildman–Crippen LogP) is 0.809. The van der Waals surface area contributed by atoms with Crippen LogP contribution in [-0.2, 0) is 11.2 Å². The highest BCUT2D eigenvalue weighted by molar-refractivity contribution is 5.82. The van der Waals surface area contributed by atoms with Gasteiger partial charge in [0.15, 0.2) is 0 Å². The van der Waals surface area contributed by atoms with Crippen molar-refractivity contribution in [1.82, 2.24) is 10.6 Å². The number of hydrogen-bond donors (Lipinski definition) is 5. The molecule has 1 rings (SSSR count). The summed E-state index contributed by atoms with van der Waals surface area (Å²) in [5, 5.41) is 26.5. The summed E-state index contributed by atoms with van der Waals surface area (Å²) >= 11 is 0. The first-order valence-electron chi connectivity index (χ1n) is 9.51. The van der Waals surface area contributed by atoms with Gasteiger partial charge in [0.25, 0.3) is 0 Å². The summed E-state index contributed by atoms with van der Waals surface area (Å²) in [5.74, 6) is 0.0799. The first-order chi connectivity index (χ1) is 12.3. The molecule has 1 amide bonds. The molecule has 0 aliphatic carbocycles. The Morgan fingerprint density at radius 2 is 1.77 bits per heavy atom. The second-order valence-electron chi connectivity index (χ2n) is 7.30. The van der Waals surface area contributed by atoms with Crippen molar-refractivity contribution in [2.75, 3.05) is 13.1 Å². The Balaban J connectivity index is 2.58. The largest absolute Gasteiger partial charge is 0.391 e. The molecule has 0 heterocycles. The molecule has 6 heteroatoms. The smallest absolute Gasteiger partial charge is 0.239 e. The number of rotatable bonds is 12. The molecular weight excluding hydrogens is 330 g/mol. The minimum Gasteiger partial charge on any atom is -0.391 e. The van der Waals surface area contributed by atoms with Crippen molar-refractivity contribution in [3.63, 3.8) is 0 Å². The maximum Gasteiger partial charge on any atom is 0.239 e. The molecule has 0 aliphatic rings. The van der Waals surface area contributed by atoms with Crippen molar-refractivity contribution < 1.29 is 15.0 Å². The van der Waals surface area contributed by atoms with E-state index in [-0.39, 0.29) is 12.5 Å². The lowest BCUT2D eigenvalue weighted by molar-refractivity contribution is -0.126. The van der Waals surface area contributed by atoms with Crippen molar-refractivity contribution in [1.29, 1.82) is 0 Å². The van der Waals surface area contributed by atoms with Gasteiger partial charge < -0.3 is 26.6 Å². The van der Waals surface area contributed by atoms with E-state index in [2.05, 4.69) is 10.6 Å². The van der Waals surface area contributed by atoms with Crippen LogP contribution in [0.4, 0.5) is 0 Å². The zero-order valence-electron chi connectivity index (χ0n) is 16.2. The van der Waals surface area contributed by atoms with Crippen LogP contribution in [0.2, 0.25) is 0 Å². The van der Waals surface area contributed by atoms with Crippen molar-refractivity contribution in [3.8, 4) is 0 Å². The quantitative estimate of drug-likeness (QED) is 0.377. The summed E-state index contributed by atoms with van der Waals surface area (Å²) in [7, 11) is 0. The molecule has 0 saturated carbocycles. The van der Waals surface area contributed by atoms with Gasteiger partial charge in [-0.3, -0.25) is 4.79 Å². The summed E-state index contributed by atoms with van der Waals surface area (Å²) in [4.78, 5) is 12.4. The molecule has 0 radical (unpaired) electrons. The van der Waals surface area contributed by atoms with E-state index in [0.717, 1.165) is 12.0 Å². The van der Waals surface area contributed by atoms with Gasteiger partial charge in [0.2, 0.25) is 5.91 Å². The highest BCUT2D eigenvalue weighted by Gasteiger charge is 2.27. The molecule has 148 valence electrons. The standard InChI is InChI=1S/C20H35N3O3/c1-4-8-17(24)19(20(26)23-12-14(2)3)22-13-18(25)16(21)11-15-9-6-5-7-10-15/h5-7,9-10,14,16-19,22,24-25H,4,8,11-13,21H2,1-3H3,(H,23,26)/t16-,17?,18+,19+/m0/s1. The Morgan fingerprint density at radius 1 is 1.12 bits per heavy atom. The Kier molecular flexibility index (Phi) is 10.4. The molecule has 0 fully saturated rings. The van der Waals surface area contributed by atoms with Crippen LogP contribution in [0.25, 0.3) is 0 Å². The third kappa shape index (κ3) is 8.27. The van der Waals surface area contributed by atoms with Gasteiger partial charge in [0, 0.05) is 19.1 Å². The minimum atomic E-state index is -0.815. The number of benzene rings is 1. The van der Waals surface area contributed by atoms with Crippen LogP contribution in [0.5, 0.6) is 0 Å². The SMILES string of the molecule is CCCC(O)[C@@H](NC[C@@H](O)[C@@H](N)Cc1ccccc1)C(=O)NCC(C)C. The molecule has 1 aromatic carbocycles. The van der Waals surface area contributed by atoms with Crippen molar-refractivity contribution in [3.05, 3.63) is 35.9 Å². The van der Waals surface area contributed by atoms with Crippen LogP contribution in [0.3, 0.4) is 0 Å². The number of hydrogen-bond acceptors (Lipinski definition) is 5. The highest BCUT2D eigenvalue weighted by Crippen LogP contribution is 2.07. The van der Waals surface area contributed by atoms with Crippen LogP contribution < -0.4 is 16.4 Å². The highest BCUT2D eigenvalue weighted by atomic mass is 16.3. The fourth-order valence-electron chi connectivity index (χ4n) is 2.70. The second-order valence-corrected chi connectivity index (χ2v) is 7.30. The minimum absolute atomic E-state index is 0.147. The fraction of sp³-hybridized carbons (Fsp3) is 0.650. The third-order valence-electron chi connectivity index (χ3n) is 4.29. The first-order valence-corrected chi connectivity index (χ1v) is 9.51. The summed E-state index contributed by atoms with van der Waals surface area (Å²) in [5.41, 5.74) is 7.14. The molecule has 4 atom stereocenters. The molecule has 0 spiro atoms. The van der Waals surface area contributed by atoms with E-state index in [9.17, 15) is 15.0 Å². The monoisotopic (exact) mass is 365 g/mol. The summed E-state index contributed by atoms with van der Waals surface area (Å²) in [6.07, 6.45) is 0.214. The van der Waals surface area contributed by atoms with Crippen LogP contribution in [0.1, 0.15) is 39.2 Å². The number of aliphatic hydroxyl groups excluding tert-OH is 2. The average molecular weight is 366 g/mol. The summed E-state index contributed by atoms with van der Waals surface area (Å²) in [6.45, 7) is 6.67. The number of nitrogens with two attached hydrogens (primary N) is 1. The van der Waals surface area contributed by atoms with Gasteiger partial charge >= 0.3 is 0 Å². The van der Waals surface area contributed by atoms with E-state index in [1.54, 1.807) is 0 Å². The Labute approximate surface area is 157 Å². The lowest BCUT2D eigenvalue weighted by atomic mass is 10.0. The van der Waals surface area contributed by atoms with Crippen LogP contribution in [0, 0.1) is 5.92 Å². The fourth-order valence-corrected chi connectivity index (χ4v) is 2.70. The molecule has 0 aliphatic heterocycles. The zero-order chi connectivity index (χ0) is 19.5. The zero-order valence-corrected chi connectivity index (χ0v) is 16.2. The average Bonchev–Trinajstić information content (AvgIpc) is 2.61. The van der Waals surface area contributed by atoms with Gasteiger partial charge in [-0.25, -0.2) is 0 Å². The molecule has 0 aromatic heterocycles. The van der Waals surface area contributed by atoms with Gasteiger partial charge in [-0.05, 0) is 24.3 Å². The lowest BCUT2D eigenvalue weighted by Crippen LogP contribution is -2.55. The van der Waals surface area contributed by atoms with Crippen molar-refractivity contribution in [2.45, 2.75) is 64.3 Å². The maximum absolute atomic E-state index is 12.4. The van der Waals surface area contributed by atoms with Gasteiger partial charge in [0.05, 0.1) is 12.2 Å². The van der Waals surface area contributed by atoms with E-state index in [0.29, 0.717) is 25.3 Å². The number of carbonyl (C=O) groups excluding carboxylic acids is 1. The molecule has 0 saturated heterocycles. The van der Waals surface area contributed by atoms with Crippen LogP contribution in [-0.4, -0.2) is 53.5 Å².